The molecule has 0 saturated heterocycles. The second-order valence-corrected chi connectivity index (χ2v) is 10.6. The number of ether oxygens (including phenoxy) is 6. The van der Waals surface area contributed by atoms with Crippen molar-refractivity contribution in [2.45, 2.75) is 41.5 Å². The SMILES string of the molecule is CCOc1cc(C)cc(Oc2cccc(Oc3cc(C)cc(Oc4cccc(Oc5cc(C)cc(OCC)c5)c4)c3C)c2)c1. The molecular formula is C38H38O6. The van der Waals surface area contributed by atoms with Gasteiger partial charge in [-0.3, -0.25) is 0 Å². The Morgan fingerprint density at radius 3 is 1.14 bits per heavy atom. The fourth-order valence-corrected chi connectivity index (χ4v) is 4.78. The van der Waals surface area contributed by atoms with Gasteiger partial charge in [-0.25, -0.2) is 0 Å². The van der Waals surface area contributed by atoms with Crippen molar-refractivity contribution in [3.05, 3.63) is 119 Å². The average molecular weight is 591 g/mol. The fraction of sp³-hybridized carbons (Fsp3) is 0.211. The van der Waals surface area contributed by atoms with E-state index in [0.717, 1.165) is 33.8 Å². The van der Waals surface area contributed by atoms with Crippen LogP contribution in [0.4, 0.5) is 0 Å². The van der Waals surface area contributed by atoms with Gasteiger partial charge in [0, 0.05) is 29.8 Å². The molecule has 44 heavy (non-hydrogen) atoms. The predicted molar refractivity (Wildman–Crippen MR) is 174 cm³/mol. The van der Waals surface area contributed by atoms with Crippen LogP contribution in [0.15, 0.2) is 97.1 Å². The molecule has 0 atom stereocenters. The maximum Gasteiger partial charge on any atom is 0.134 e. The molecule has 0 saturated carbocycles. The Hall–Kier alpha value is -5.10. The van der Waals surface area contributed by atoms with Crippen molar-refractivity contribution in [2.24, 2.45) is 0 Å². The quantitative estimate of drug-likeness (QED) is 0.144. The summed E-state index contributed by atoms with van der Waals surface area (Å²) < 4.78 is 36.4. The van der Waals surface area contributed by atoms with Crippen LogP contribution in [-0.2, 0) is 0 Å². The van der Waals surface area contributed by atoms with Crippen molar-refractivity contribution < 1.29 is 28.4 Å². The van der Waals surface area contributed by atoms with E-state index in [1.54, 1.807) is 0 Å². The van der Waals surface area contributed by atoms with Gasteiger partial charge in [-0.1, -0.05) is 12.1 Å². The third-order valence-corrected chi connectivity index (χ3v) is 6.67. The Balaban J connectivity index is 1.32. The van der Waals surface area contributed by atoms with E-state index in [1.807, 2.05) is 139 Å². The number of benzene rings is 5. The number of hydrogen-bond donors (Lipinski definition) is 0. The minimum atomic E-state index is 0.593. The summed E-state index contributed by atoms with van der Waals surface area (Å²) in [5.74, 6) is 6.99. The molecule has 0 aliphatic rings. The Bertz CT molecular complexity index is 1620. The topological polar surface area (TPSA) is 55.4 Å². The van der Waals surface area contributed by atoms with Gasteiger partial charge in [0.1, 0.15) is 57.5 Å². The van der Waals surface area contributed by atoms with Crippen LogP contribution in [0, 0.1) is 27.7 Å². The summed E-state index contributed by atoms with van der Waals surface area (Å²) >= 11 is 0. The fourth-order valence-electron chi connectivity index (χ4n) is 4.78. The molecular weight excluding hydrogens is 552 g/mol. The molecule has 0 unspecified atom stereocenters. The summed E-state index contributed by atoms with van der Waals surface area (Å²) in [5.41, 5.74) is 3.99. The molecule has 0 aliphatic carbocycles. The van der Waals surface area contributed by atoms with E-state index in [-0.39, 0.29) is 0 Å². The standard InChI is InChI=1S/C38H38O6/c1-7-39-33-15-25(3)17-35(23-33)41-29-11-9-13-31(21-29)43-37-19-27(5)20-38(28(37)6)44-32-14-10-12-30(22-32)42-36-18-26(4)16-34(24-36)40-8-2/h9-24H,7-8H2,1-6H3. The first kappa shape index (κ1) is 30.4. The zero-order valence-electron chi connectivity index (χ0n) is 26.1. The van der Waals surface area contributed by atoms with E-state index in [2.05, 4.69) is 0 Å². The lowest BCUT2D eigenvalue weighted by molar-refractivity contribution is 0.337. The molecule has 0 radical (unpaired) electrons. The normalized spacial score (nSPS) is 10.7. The first-order chi connectivity index (χ1) is 21.3. The van der Waals surface area contributed by atoms with Crippen molar-refractivity contribution >= 4 is 0 Å². The maximum atomic E-state index is 6.36. The lowest BCUT2D eigenvalue weighted by Crippen LogP contribution is -1.95. The highest BCUT2D eigenvalue weighted by molar-refractivity contribution is 5.52. The molecule has 226 valence electrons. The van der Waals surface area contributed by atoms with Gasteiger partial charge in [0.05, 0.1) is 13.2 Å². The second-order valence-electron chi connectivity index (χ2n) is 10.6. The van der Waals surface area contributed by atoms with E-state index in [0.29, 0.717) is 59.2 Å². The Morgan fingerprint density at radius 2 is 0.727 bits per heavy atom. The number of hydrogen-bond acceptors (Lipinski definition) is 6. The van der Waals surface area contributed by atoms with Crippen LogP contribution in [-0.4, -0.2) is 13.2 Å². The molecule has 0 aliphatic heterocycles. The Labute approximate surface area is 259 Å². The van der Waals surface area contributed by atoms with E-state index in [9.17, 15) is 0 Å². The highest BCUT2D eigenvalue weighted by atomic mass is 16.5. The molecule has 6 nitrogen and oxygen atoms in total. The van der Waals surface area contributed by atoms with Crippen molar-refractivity contribution in [1.82, 2.24) is 0 Å². The van der Waals surface area contributed by atoms with Crippen molar-refractivity contribution in [2.75, 3.05) is 13.2 Å². The molecule has 0 fully saturated rings. The third-order valence-electron chi connectivity index (χ3n) is 6.67. The van der Waals surface area contributed by atoms with Gasteiger partial charge in [0.15, 0.2) is 0 Å². The van der Waals surface area contributed by atoms with Crippen LogP contribution in [0.5, 0.6) is 57.5 Å². The summed E-state index contributed by atoms with van der Waals surface area (Å²) in [4.78, 5) is 0. The number of rotatable bonds is 12. The van der Waals surface area contributed by atoms with E-state index >= 15 is 0 Å². The van der Waals surface area contributed by atoms with Gasteiger partial charge >= 0.3 is 0 Å². The van der Waals surface area contributed by atoms with Gasteiger partial charge in [-0.2, -0.15) is 0 Å². The summed E-state index contributed by atoms with van der Waals surface area (Å²) in [7, 11) is 0. The first-order valence-corrected chi connectivity index (χ1v) is 14.8. The van der Waals surface area contributed by atoms with Crippen molar-refractivity contribution in [3.8, 4) is 57.5 Å². The van der Waals surface area contributed by atoms with Gasteiger partial charge in [-0.15, -0.1) is 0 Å². The number of aryl methyl sites for hydroxylation is 3. The summed E-state index contributed by atoms with van der Waals surface area (Å²) in [6, 6.07) is 30.9. The second kappa shape index (κ2) is 13.9. The molecule has 0 spiro atoms. The predicted octanol–water partition coefficient (Wildman–Crippen LogP) is 10.9. The monoisotopic (exact) mass is 590 g/mol. The van der Waals surface area contributed by atoms with Gasteiger partial charge in [0.2, 0.25) is 0 Å². The highest BCUT2D eigenvalue weighted by Crippen LogP contribution is 2.38. The Morgan fingerprint density at radius 1 is 0.386 bits per heavy atom. The van der Waals surface area contributed by atoms with Crippen LogP contribution in [0.3, 0.4) is 0 Å². The molecule has 6 heteroatoms. The van der Waals surface area contributed by atoms with Gasteiger partial charge < -0.3 is 28.4 Å². The summed E-state index contributed by atoms with van der Waals surface area (Å²) in [6.07, 6.45) is 0. The van der Waals surface area contributed by atoms with Crippen LogP contribution >= 0.6 is 0 Å². The molecule has 0 amide bonds. The van der Waals surface area contributed by atoms with Crippen molar-refractivity contribution in [1.29, 1.82) is 0 Å². The van der Waals surface area contributed by atoms with Crippen LogP contribution < -0.4 is 28.4 Å². The summed E-state index contributed by atoms with van der Waals surface area (Å²) in [6.45, 7) is 13.1. The minimum Gasteiger partial charge on any atom is -0.494 e. The minimum absolute atomic E-state index is 0.593. The molecule has 5 aromatic rings. The summed E-state index contributed by atoms with van der Waals surface area (Å²) in [5, 5.41) is 0. The zero-order chi connectivity index (χ0) is 31.1. The molecule has 5 aromatic carbocycles. The molecule has 0 aromatic heterocycles. The molecule has 0 heterocycles. The van der Waals surface area contributed by atoms with Crippen LogP contribution in [0.1, 0.15) is 36.1 Å². The molecule has 0 N–H and O–H groups in total. The lowest BCUT2D eigenvalue weighted by Gasteiger charge is -2.16. The molecule has 5 rings (SSSR count). The maximum absolute atomic E-state index is 6.36. The largest absolute Gasteiger partial charge is 0.494 e. The molecule has 0 bridgehead atoms. The van der Waals surface area contributed by atoms with Gasteiger partial charge in [0.25, 0.3) is 0 Å². The van der Waals surface area contributed by atoms with E-state index < -0.39 is 0 Å². The Kier molecular flexibility index (Phi) is 9.60. The smallest absolute Gasteiger partial charge is 0.134 e. The van der Waals surface area contributed by atoms with Crippen LogP contribution in [0.25, 0.3) is 0 Å². The highest BCUT2D eigenvalue weighted by Gasteiger charge is 2.13. The average Bonchev–Trinajstić information content (AvgIpc) is 2.96. The van der Waals surface area contributed by atoms with Crippen molar-refractivity contribution in [3.63, 3.8) is 0 Å². The van der Waals surface area contributed by atoms with Crippen LogP contribution in [0.2, 0.25) is 0 Å². The first-order valence-electron chi connectivity index (χ1n) is 14.8. The van der Waals surface area contributed by atoms with E-state index in [4.69, 9.17) is 28.4 Å². The van der Waals surface area contributed by atoms with E-state index in [1.165, 1.54) is 0 Å². The third kappa shape index (κ3) is 8.04. The zero-order valence-corrected chi connectivity index (χ0v) is 26.1. The lowest BCUT2D eigenvalue weighted by atomic mass is 10.1. The van der Waals surface area contributed by atoms with Gasteiger partial charge in [-0.05, 0) is 119 Å².